The standard InChI is InChI=1S/C15H16N2O3/c1-20-14-7-3-2-5-12(14)9-16-15(19)11-17-8-4-6-13(18)10-17/h2-8,10H,9,11H2,1H3,(H-,16,18,19)/p+1. The summed E-state index contributed by atoms with van der Waals surface area (Å²) in [5, 5.41) is 12.2. The molecule has 0 bridgehead atoms. The molecule has 0 aliphatic carbocycles. The van der Waals surface area contributed by atoms with Crippen LogP contribution in [0, 0.1) is 0 Å². The zero-order valence-corrected chi connectivity index (χ0v) is 11.2. The van der Waals surface area contributed by atoms with Crippen molar-refractivity contribution >= 4 is 5.91 Å². The lowest BCUT2D eigenvalue weighted by Crippen LogP contribution is -2.42. The summed E-state index contributed by atoms with van der Waals surface area (Å²) in [7, 11) is 1.60. The number of nitrogens with zero attached hydrogens (tertiary/aromatic N) is 1. The van der Waals surface area contributed by atoms with Crippen LogP contribution in [-0.4, -0.2) is 18.1 Å². The fraction of sp³-hybridized carbons (Fsp3) is 0.200. The zero-order valence-electron chi connectivity index (χ0n) is 11.2. The van der Waals surface area contributed by atoms with E-state index in [9.17, 15) is 9.90 Å². The smallest absolute Gasteiger partial charge is 0.286 e. The van der Waals surface area contributed by atoms with E-state index in [2.05, 4.69) is 5.32 Å². The second-order valence-electron chi connectivity index (χ2n) is 4.32. The van der Waals surface area contributed by atoms with Gasteiger partial charge in [0.05, 0.1) is 7.11 Å². The summed E-state index contributed by atoms with van der Waals surface area (Å²) in [5.74, 6) is 0.745. The topological polar surface area (TPSA) is 62.4 Å². The third kappa shape index (κ3) is 3.71. The van der Waals surface area contributed by atoms with Crippen molar-refractivity contribution in [3.8, 4) is 11.5 Å². The van der Waals surface area contributed by atoms with Crippen LogP contribution in [0.1, 0.15) is 5.56 Å². The Morgan fingerprint density at radius 2 is 2.10 bits per heavy atom. The third-order valence-electron chi connectivity index (χ3n) is 2.84. The molecule has 0 saturated heterocycles. The van der Waals surface area contributed by atoms with Crippen molar-refractivity contribution < 1.29 is 19.2 Å². The largest absolute Gasteiger partial charge is 0.503 e. The van der Waals surface area contributed by atoms with Gasteiger partial charge in [-0.05, 0) is 12.1 Å². The molecule has 1 aromatic carbocycles. The number of ether oxygens (including phenoxy) is 1. The molecule has 2 N–H and O–H groups in total. The van der Waals surface area contributed by atoms with Gasteiger partial charge in [0, 0.05) is 18.2 Å². The predicted octanol–water partition coefficient (Wildman–Crippen LogP) is 1.00. The van der Waals surface area contributed by atoms with Gasteiger partial charge < -0.3 is 15.2 Å². The van der Waals surface area contributed by atoms with Crippen LogP contribution in [0.15, 0.2) is 48.8 Å². The Hall–Kier alpha value is -2.56. The number of carbonyl (C=O) groups is 1. The van der Waals surface area contributed by atoms with E-state index < -0.39 is 0 Å². The number of nitrogens with one attached hydrogen (secondary N) is 1. The summed E-state index contributed by atoms with van der Waals surface area (Å²) < 4.78 is 6.84. The summed E-state index contributed by atoms with van der Waals surface area (Å²) in [5.41, 5.74) is 0.921. The van der Waals surface area contributed by atoms with Crippen LogP contribution in [0.4, 0.5) is 0 Å². The molecule has 0 atom stereocenters. The number of rotatable bonds is 5. The lowest BCUT2D eigenvalue weighted by Gasteiger charge is -2.08. The SMILES string of the molecule is COc1ccccc1CNC(=O)C[n+]1cccc(O)c1. The molecule has 104 valence electrons. The Morgan fingerprint density at radius 3 is 2.85 bits per heavy atom. The molecule has 5 heteroatoms. The molecule has 1 aromatic heterocycles. The molecule has 2 rings (SSSR count). The van der Waals surface area contributed by atoms with Crippen molar-refractivity contribution in [2.45, 2.75) is 13.1 Å². The summed E-state index contributed by atoms with van der Waals surface area (Å²) in [6, 6.07) is 10.8. The average molecular weight is 273 g/mol. The first-order valence-electron chi connectivity index (χ1n) is 6.25. The first-order chi connectivity index (χ1) is 9.69. The van der Waals surface area contributed by atoms with E-state index >= 15 is 0 Å². The van der Waals surface area contributed by atoms with Crippen molar-refractivity contribution in [1.82, 2.24) is 5.32 Å². The number of amides is 1. The fourth-order valence-electron chi connectivity index (χ4n) is 1.87. The van der Waals surface area contributed by atoms with E-state index in [-0.39, 0.29) is 18.2 Å². The molecule has 1 heterocycles. The molecule has 0 spiro atoms. The summed E-state index contributed by atoms with van der Waals surface area (Å²) in [4.78, 5) is 11.8. The average Bonchev–Trinajstić information content (AvgIpc) is 2.45. The molecule has 0 aliphatic rings. The lowest BCUT2D eigenvalue weighted by molar-refractivity contribution is -0.684. The number of aromatic nitrogens is 1. The van der Waals surface area contributed by atoms with Gasteiger partial charge >= 0.3 is 0 Å². The van der Waals surface area contributed by atoms with E-state index in [0.717, 1.165) is 11.3 Å². The third-order valence-corrected chi connectivity index (χ3v) is 2.84. The van der Waals surface area contributed by atoms with Crippen LogP contribution in [-0.2, 0) is 17.9 Å². The number of hydrogen-bond donors (Lipinski definition) is 2. The molecular formula is C15H17N2O3+. The Balaban J connectivity index is 1.92. The van der Waals surface area contributed by atoms with Gasteiger partial charge in [0.25, 0.3) is 5.91 Å². The van der Waals surface area contributed by atoms with Gasteiger partial charge in [0.1, 0.15) is 5.75 Å². The first-order valence-corrected chi connectivity index (χ1v) is 6.25. The minimum atomic E-state index is -0.133. The summed E-state index contributed by atoms with van der Waals surface area (Å²) in [6.45, 7) is 0.561. The zero-order chi connectivity index (χ0) is 14.4. The molecule has 5 nitrogen and oxygen atoms in total. The van der Waals surface area contributed by atoms with Crippen LogP contribution in [0.2, 0.25) is 0 Å². The Morgan fingerprint density at radius 1 is 1.30 bits per heavy atom. The Kier molecular flexibility index (Phi) is 4.55. The molecule has 0 unspecified atom stereocenters. The predicted molar refractivity (Wildman–Crippen MR) is 73.1 cm³/mol. The number of benzene rings is 1. The van der Waals surface area contributed by atoms with Crippen molar-refractivity contribution in [2.75, 3.05) is 7.11 Å². The minimum absolute atomic E-state index is 0.130. The van der Waals surface area contributed by atoms with Crippen LogP contribution in [0.3, 0.4) is 0 Å². The number of pyridine rings is 1. The second kappa shape index (κ2) is 6.56. The number of para-hydroxylation sites is 1. The summed E-state index contributed by atoms with van der Waals surface area (Å²) >= 11 is 0. The van der Waals surface area contributed by atoms with Gasteiger partial charge in [-0.2, -0.15) is 4.57 Å². The molecule has 1 amide bonds. The number of aromatic hydroxyl groups is 1. The van der Waals surface area contributed by atoms with E-state index in [1.807, 2.05) is 24.3 Å². The highest BCUT2D eigenvalue weighted by atomic mass is 16.5. The van der Waals surface area contributed by atoms with E-state index in [0.29, 0.717) is 6.54 Å². The maximum atomic E-state index is 11.8. The van der Waals surface area contributed by atoms with Gasteiger partial charge in [-0.1, -0.05) is 18.2 Å². The van der Waals surface area contributed by atoms with Crippen molar-refractivity contribution in [1.29, 1.82) is 0 Å². The van der Waals surface area contributed by atoms with Gasteiger partial charge in [-0.3, -0.25) is 4.79 Å². The van der Waals surface area contributed by atoms with Crippen molar-refractivity contribution in [2.24, 2.45) is 0 Å². The van der Waals surface area contributed by atoms with Gasteiger partial charge in [-0.25, -0.2) is 0 Å². The lowest BCUT2D eigenvalue weighted by atomic mass is 10.2. The highest BCUT2D eigenvalue weighted by Gasteiger charge is 2.10. The Bertz CT molecular complexity index is 599. The monoisotopic (exact) mass is 273 g/mol. The normalized spacial score (nSPS) is 10.1. The molecule has 2 aromatic rings. The first kappa shape index (κ1) is 13.9. The van der Waals surface area contributed by atoms with Crippen LogP contribution < -0.4 is 14.6 Å². The molecule has 0 saturated carbocycles. The van der Waals surface area contributed by atoms with Crippen molar-refractivity contribution in [3.63, 3.8) is 0 Å². The van der Waals surface area contributed by atoms with E-state index in [1.54, 1.807) is 30.0 Å². The van der Waals surface area contributed by atoms with E-state index in [1.165, 1.54) is 6.20 Å². The van der Waals surface area contributed by atoms with Gasteiger partial charge in [0.2, 0.25) is 12.7 Å². The number of methoxy groups -OCH3 is 1. The van der Waals surface area contributed by atoms with Gasteiger partial charge in [0.15, 0.2) is 11.9 Å². The van der Waals surface area contributed by atoms with Crippen LogP contribution >= 0.6 is 0 Å². The maximum absolute atomic E-state index is 11.8. The van der Waals surface area contributed by atoms with Crippen molar-refractivity contribution in [3.05, 3.63) is 54.4 Å². The molecule has 20 heavy (non-hydrogen) atoms. The molecular weight excluding hydrogens is 256 g/mol. The highest BCUT2D eigenvalue weighted by Crippen LogP contribution is 2.16. The minimum Gasteiger partial charge on any atom is -0.503 e. The van der Waals surface area contributed by atoms with E-state index in [4.69, 9.17) is 4.74 Å². The second-order valence-corrected chi connectivity index (χ2v) is 4.32. The fourth-order valence-corrected chi connectivity index (χ4v) is 1.87. The number of carbonyl (C=O) groups excluding carboxylic acids is 1. The molecule has 0 aliphatic heterocycles. The quantitative estimate of drug-likeness (QED) is 0.799. The van der Waals surface area contributed by atoms with Crippen LogP contribution in [0.5, 0.6) is 11.5 Å². The maximum Gasteiger partial charge on any atom is 0.286 e. The van der Waals surface area contributed by atoms with Gasteiger partial charge in [-0.15, -0.1) is 0 Å². The molecule has 0 fully saturated rings. The molecule has 0 radical (unpaired) electrons. The van der Waals surface area contributed by atoms with Crippen LogP contribution in [0.25, 0.3) is 0 Å². The number of hydrogen-bond acceptors (Lipinski definition) is 3. The highest BCUT2D eigenvalue weighted by molar-refractivity contribution is 5.74. The Labute approximate surface area is 117 Å². The summed E-state index contributed by atoms with van der Waals surface area (Å²) in [6.07, 6.45) is 3.23.